The first kappa shape index (κ1) is 21.5. The van der Waals surface area contributed by atoms with Crippen LogP contribution in [0, 0.1) is 5.82 Å². The summed E-state index contributed by atoms with van der Waals surface area (Å²) in [4.78, 5) is 8.34. The average molecular weight is 446 g/mol. The number of anilines is 1. The molecule has 1 aliphatic rings. The third kappa shape index (κ3) is 4.85. The van der Waals surface area contributed by atoms with E-state index in [-0.39, 0.29) is 11.7 Å². The predicted octanol–water partition coefficient (Wildman–Crippen LogP) is 4.31. The number of nitrogen functional groups attached to an aromatic ring is 1. The molecule has 1 fully saturated rings. The number of aromatic nitrogens is 5. The van der Waals surface area contributed by atoms with Gasteiger partial charge in [-0.15, -0.1) is 5.10 Å². The van der Waals surface area contributed by atoms with Crippen LogP contribution >= 0.6 is 0 Å². The first-order chi connectivity index (χ1) is 16.2. The molecule has 1 aromatic carbocycles. The molecule has 33 heavy (non-hydrogen) atoms. The Morgan fingerprint density at radius 1 is 1.09 bits per heavy atom. The van der Waals surface area contributed by atoms with Gasteiger partial charge in [-0.1, -0.05) is 35.5 Å². The molecule has 0 spiro atoms. The zero-order valence-corrected chi connectivity index (χ0v) is 18.4. The van der Waals surface area contributed by atoms with Crippen molar-refractivity contribution in [2.75, 3.05) is 12.3 Å². The Morgan fingerprint density at radius 3 is 2.70 bits per heavy atom. The van der Waals surface area contributed by atoms with Gasteiger partial charge in [-0.05, 0) is 73.4 Å². The van der Waals surface area contributed by atoms with Crippen LogP contribution in [0.2, 0.25) is 0 Å². The molecule has 0 bridgehead atoms. The van der Waals surface area contributed by atoms with E-state index in [0.717, 1.165) is 36.9 Å². The molecule has 0 saturated heterocycles. The van der Waals surface area contributed by atoms with Crippen molar-refractivity contribution in [2.45, 2.75) is 50.0 Å². The van der Waals surface area contributed by atoms with Crippen LogP contribution in [-0.2, 0) is 0 Å². The SMILES string of the molecule is Nc1cc(C(CCN[C@H]2CC[C@H](c3ccccc3)CC2)c2cncc(F)c2)c2nn[nH]c2n1. The summed E-state index contributed by atoms with van der Waals surface area (Å²) in [6, 6.07) is 14.6. The summed E-state index contributed by atoms with van der Waals surface area (Å²) < 4.78 is 14.0. The molecule has 5 rings (SSSR count). The Morgan fingerprint density at radius 2 is 1.91 bits per heavy atom. The Kier molecular flexibility index (Phi) is 6.26. The molecule has 1 saturated carbocycles. The molecule has 3 aromatic heterocycles. The molecule has 1 aliphatic carbocycles. The minimum absolute atomic E-state index is 0.126. The number of H-pyrrole nitrogens is 1. The second-order valence-corrected chi connectivity index (χ2v) is 8.84. The molecule has 3 heterocycles. The number of pyridine rings is 2. The lowest BCUT2D eigenvalue weighted by Crippen LogP contribution is -2.34. The van der Waals surface area contributed by atoms with Gasteiger partial charge in [0.1, 0.15) is 17.2 Å². The number of nitrogens with one attached hydrogen (secondary N) is 2. The molecule has 1 atom stereocenters. The van der Waals surface area contributed by atoms with Crippen LogP contribution in [-0.4, -0.2) is 38.0 Å². The van der Waals surface area contributed by atoms with Crippen LogP contribution in [0.15, 0.2) is 54.9 Å². The van der Waals surface area contributed by atoms with E-state index in [1.807, 2.05) is 6.07 Å². The molecule has 4 N–H and O–H groups in total. The summed E-state index contributed by atoms with van der Waals surface area (Å²) in [6.45, 7) is 0.795. The third-order valence-corrected chi connectivity index (χ3v) is 6.72. The van der Waals surface area contributed by atoms with Gasteiger partial charge in [0, 0.05) is 18.2 Å². The van der Waals surface area contributed by atoms with Crippen molar-refractivity contribution in [1.29, 1.82) is 0 Å². The summed E-state index contributed by atoms with van der Waals surface area (Å²) in [5, 5.41) is 14.6. The van der Waals surface area contributed by atoms with Crippen LogP contribution in [0.1, 0.15) is 60.6 Å². The number of benzene rings is 1. The monoisotopic (exact) mass is 445 g/mol. The summed E-state index contributed by atoms with van der Waals surface area (Å²) in [5.74, 6) is 0.545. The fourth-order valence-electron chi connectivity index (χ4n) is 5.06. The van der Waals surface area contributed by atoms with Crippen molar-refractivity contribution in [3.63, 3.8) is 0 Å². The number of nitrogens with two attached hydrogens (primary N) is 1. The second kappa shape index (κ2) is 9.62. The molecule has 0 amide bonds. The van der Waals surface area contributed by atoms with E-state index in [4.69, 9.17) is 5.73 Å². The molecular formula is C25H28FN7. The van der Waals surface area contributed by atoms with Crippen molar-refractivity contribution in [3.05, 3.63) is 77.4 Å². The first-order valence-corrected chi connectivity index (χ1v) is 11.5. The summed E-state index contributed by atoms with van der Waals surface area (Å²) in [5.41, 5.74) is 10.4. The standard InChI is InChI=1S/C25H28FN7/c26-19-12-18(14-28-15-19)21(22-13-23(27)30-25-24(22)31-33-32-25)10-11-29-20-8-6-17(7-9-20)16-4-2-1-3-5-16/h1-5,12-15,17,20-21,29H,6-11H2,(H3,27,30,31,32,33)/t17-,20-,21?. The van der Waals surface area contributed by atoms with E-state index in [0.29, 0.717) is 28.9 Å². The van der Waals surface area contributed by atoms with Crippen molar-refractivity contribution in [3.8, 4) is 0 Å². The smallest absolute Gasteiger partial charge is 0.178 e. The molecule has 170 valence electrons. The maximum atomic E-state index is 14.0. The minimum atomic E-state index is -0.358. The summed E-state index contributed by atoms with van der Waals surface area (Å²) in [7, 11) is 0. The van der Waals surface area contributed by atoms with Crippen LogP contribution in [0.4, 0.5) is 10.2 Å². The van der Waals surface area contributed by atoms with Crippen LogP contribution in [0.5, 0.6) is 0 Å². The molecule has 0 radical (unpaired) electrons. The number of hydrogen-bond donors (Lipinski definition) is 3. The number of rotatable bonds is 7. The van der Waals surface area contributed by atoms with Crippen molar-refractivity contribution in [2.24, 2.45) is 0 Å². The van der Waals surface area contributed by atoms with E-state index in [2.05, 4.69) is 61.0 Å². The third-order valence-electron chi connectivity index (χ3n) is 6.72. The van der Waals surface area contributed by atoms with Crippen LogP contribution < -0.4 is 11.1 Å². The van der Waals surface area contributed by atoms with Crippen LogP contribution in [0.3, 0.4) is 0 Å². The number of fused-ring (bicyclic) bond motifs is 1. The maximum Gasteiger partial charge on any atom is 0.178 e. The predicted molar refractivity (Wildman–Crippen MR) is 126 cm³/mol. The summed E-state index contributed by atoms with van der Waals surface area (Å²) >= 11 is 0. The van der Waals surface area contributed by atoms with E-state index < -0.39 is 0 Å². The normalized spacial score (nSPS) is 19.5. The van der Waals surface area contributed by atoms with Crippen molar-refractivity contribution in [1.82, 2.24) is 30.7 Å². The maximum absolute atomic E-state index is 14.0. The van der Waals surface area contributed by atoms with Crippen molar-refractivity contribution >= 4 is 17.0 Å². The van der Waals surface area contributed by atoms with E-state index in [1.165, 1.54) is 30.7 Å². The average Bonchev–Trinajstić information content (AvgIpc) is 3.31. The zero-order valence-electron chi connectivity index (χ0n) is 18.4. The Labute approximate surface area is 192 Å². The lowest BCUT2D eigenvalue weighted by Gasteiger charge is -2.30. The quantitative estimate of drug-likeness (QED) is 0.392. The van der Waals surface area contributed by atoms with E-state index >= 15 is 0 Å². The highest BCUT2D eigenvalue weighted by Crippen LogP contribution is 2.34. The number of nitrogens with zero attached hydrogens (tertiary/aromatic N) is 4. The second-order valence-electron chi connectivity index (χ2n) is 8.84. The van der Waals surface area contributed by atoms with Gasteiger partial charge in [-0.3, -0.25) is 4.98 Å². The van der Waals surface area contributed by atoms with Crippen molar-refractivity contribution < 1.29 is 4.39 Å². The van der Waals surface area contributed by atoms with Gasteiger partial charge in [0.05, 0.1) is 6.20 Å². The fraction of sp³-hybridized carbons (Fsp3) is 0.360. The molecule has 7 nitrogen and oxygen atoms in total. The van der Waals surface area contributed by atoms with Gasteiger partial charge in [-0.25, -0.2) is 14.5 Å². The Hall–Kier alpha value is -3.39. The highest BCUT2D eigenvalue weighted by atomic mass is 19.1. The lowest BCUT2D eigenvalue weighted by atomic mass is 9.81. The number of aromatic amines is 1. The lowest BCUT2D eigenvalue weighted by molar-refractivity contribution is 0.340. The van der Waals surface area contributed by atoms with E-state index in [9.17, 15) is 4.39 Å². The van der Waals surface area contributed by atoms with Gasteiger partial charge in [0.2, 0.25) is 0 Å². The highest BCUT2D eigenvalue weighted by molar-refractivity contribution is 5.77. The molecule has 4 aromatic rings. The molecule has 8 heteroatoms. The van der Waals surface area contributed by atoms with Gasteiger partial charge < -0.3 is 11.1 Å². The minimum Gasteiger partial charge on any atom is -0.384 e. The van der Waals surface area contributed by atoms with Crippen LogP contribution in [0.25, 0.3) is 11.2 Å². The van der Waals surface area contributed by atoms with Gasteiger partial charge in [0.15, 0.2) is 5.65 Å². The number of hydrogen-bond acceptors (Lipinski definition) is 6. The topological polar surface area (TPSA) is 105 Å². The zero-order chi connectivity index (χ0) is 22.6. The molecular weight excluding hydrogens is 417 g/mol. The highest BCUT2D eigenvalue weighted by Gasteiger charge is 2.24. The Balaban J connectivity index is 1.28. The summed E-state index contributed by atoms with van der Waals surface area (Å²) in [6.07, 6.45) is 8.38. The largest absolute Gasteiger partial charge is 0.384 e. The van der Waals surface area contributed by atoms with Gasteiger partial charge in [0.25, 0.3) is 0 Å². The number of halogens is 1. The first-order valence-electron chi connectivity index (χ1n) is 11.5. The molecule has 0 aliphatic heterocycles. The fourth-order valence-corrected chi connectivity index (χ4v) is 5.06. The van der Waals surface area contributed by atoms with E-state index in [1.54, 1.807) is 6.20 Å². The molecule has 1 unspecified atom stereocenters. The van der Waals surface area contributed by atoms with Gasteiger partial charge in [-0.2, -0.15) is 0 Å². The Bertz CT molecular complexity index is 1200. The van der Waals surface area contributed by atoms with Gasteiger partial charge >= 0.3 is 0 Å².